The Kier molecular flexibility index (Phi) is 8.39. The molecule has 2 aliphatic heterocycles. The zero-order valence-corrected chi connectivity index (χ0v) is 24.0. The monoisotopic (exact) mass is 702 g/mol. The van der Waals surface area contributed by atoms with E-state index in [1.807, 2.05) is 86.0 Å². The molecule has 0 amide bonds. The second-order valence-corrected chi connectivity index (χ2v) is 9.22. The third-order valence-electron chi connectivity index (χ3n) is 6.57. The number of nitrogens with zero attached hydrogens (tertiary/aromatic N) is 3. The SMILES string of the molecule is Cc1ccc2c(n1)oc1c(C3C=C(c4ccc(F)cc4)C=C[N-]3)[c-]ccc12.[Ir].[c-]1ccccc1C1C=CC=C[N-]1. The van der Waals surface area contributed by atoms with Crippen LogP contribution in [0.1, 0.15) is 34.5 Å². The van der Waals surface area contributed by atoms with Crippen molar-refractivity contribution in [2.75, 3.05) is 0 Å². The Morgan fingerprint density at radius 3 is 2.48 bits per heavy atom. The second kappa shape index (κ2) is 12.3. The average molecular weight is 702 g/mol. The van der Waals surface area contributed by atoms with Crippen molar-refractivity contribution in [2.24, 2.45) is 0 Å². The standard InChI is InChI=1S/C23H15FN2O.C11H9N.Ir/c1-14-5-10-19-18-3-2-4-20(22(18)27-23(19)26-14)21-13-16(11-12-25-21)15-6-8-17(24)9-7-15;1-2-6-10(7-3-1)11-8-4-5-9-12-11;/h2-3,5-13,21H,1H3;1-6,8-9,11H;/q2*-2;. The largest absolute Gasteiger partial charge is 0.683 e. The zero-order chi connectivity index (χ0) is 26.6. The number of benzene rings is 3. The molecule has 2 unspecified atom stereocenters. The quantitative estimate of drug-likeness (QED) is 0.176. The fourth-order valence-corrected chi connectivity index (χ4v) is 4.62. The smallest absolute Gasteiger partial charge is 0.212 e. The van der Waals surface area contributed by atoms with Crippen molar-refractivity contribution in [3.63, 3.8) is 0 Å². The summed E-state index contributed by atoms with van der Waals surface area (Å²) in [6.07, 6.45) is 13.6. The molecule has 2 atom stereocenters. The van der Waals surface area contributed by atoms with Gasteiger partial charge in [0.15, 0.2) is 0 Å². The Balaban J connectivity index is 0.000000209. The van der Waals surface area contributed by atoms with Gasteiger partial charge in [0.05, 0.1) is 0 Å². The van der Waals surface area contributed by atoms with Crippen LogP contribution in [0.4, 0.5) is 4.39 Å². The van der Waals surface area contributed by atoms with Crippen molar-refractivity contribution in [1.82, 2.24) is 4.98 Å². The van der Waals surface area contributed by atoms with E-state index in [4.69, 9.17) is 4.42 Å². The molecule has 6 heteroatoms. The summed E-state index contributed by atoms with van der Waals surface area (Å²) in [5.74, 6) is -0.247. The summed E-state index contributed by atoms with van der Waals surface area (Å²) in [6, 6.07) is 28.7. The first-order valence-electron chi connectivity index (χ1n) is 12.7. The van der Waals surface area contributed by atoms with Crippen molar-refractivity contribution in [1.29, 1.82) is 0 Å². The Hall–Kier alpha value is -4.25. The van der Waals surface area contributed by atoms with Crippen molar-refractivity contribution in [3.8, 4) is 0 Å². The van der Waals surface area contributed by atoms with Gasteiger partial charge in [0, 0.05) is 36.8 Å². The molecule has 0 N–H and O–H groups in total. The number of aryl methyl sites for hydroxylation is 1. The van der Waals surface area contributed by atoms with Crippen molar-refractivity contribution in [2.45, 2.75) is 19.0 Å². The number of furan rings is 1. The molecular weight excluding hydrogens is 678 g/mol. The third-order valence-corrected chi connectivity index (χ3v) is 6.57. The number of fused-ring (bicyclic) bond motifs is 3. The van der Waals surface area contributed by atoms with E-state index >= 15 is 0 Å². The first-order valence-corrected chi connectivity index (χ1v) is 12.7. The van der Waals surface area contributed by atoms with Crippen molar-refractivity contribution >= 4 is 27.6 Å². The van der Waals surface area contributed by atoms with Gasteiger partial charge in [-0.15, -0.1) is 5.56 Å². The van der Waals surface area contributed by atoms with E-state index in [1.54, 1.807) is 18.3 Å². The van der Waals surface area contributed by atoms with Crippen LogP contribution >= 0.6 is 0 Å². The maximum atomic E-state index is 13.2. The zero-order valence-electron chi connectivity index (χ0n) is 21.6. The molecule has 0 spiro atoms. The van der Waals surface area contributed by atoms with E-state index in [9.17, 15) is 4.39 Å². The van der Waals surface area contributed by atoms with Crippen LogP contribution in [0, 0.1) is 24.9 Å². The Labute approximate surface area is 246 Å². The summed E-state index contributed by atoms with van der Waals surface area (Å²) >= 11 is 0. The minimum absolute atomic E-state index is 0. The number of rotatable bonds is 3. The molecule has 7 rings (SSSR count). The molecule has 0 aliphatic carbocycles. The molecule has 2 aliphatic rings. The van der Waals surface area contributed by atoms with Gasteiger partial charge in [-0.05, 0) is 42.3 Å². The number of allylic oxidation sites excluding steroid dienone is 4. The average Bonchev–Trinajstić information content (AvgIpc) is 3.36. The minimum atomic E-state index is -0.247. The molecule has 5 aromatic rings. The van der Waals surface area contributed by atoms with Gasteiger partial charge in [-0.25, -0.2) is 9.37 Å². The van der Waals surface area contributed by atoms with Gasteiger partial charge < -0.3 is 15.1 Å². The summed E-state index contributed by atoms with van der Waals surface area (Å²) in [5, 5.41) is 10.9. The molecule has 0 saturated heterocycles. The minimum Gasteiger partial charge on any atom is -0.683 e. The molecule has 1 radical (unpaired) electrons. The van der Waals surface area contributed by atoms with Crippen molar-refractivity contribution < 1.29 is 28.9 Å². The molecule has 0 fully saturated rings. The van der Waals surface area contributed by atoms with Gasteiger partial charge in [-0.2, -0.15) is 66.5 Å². The van der Waals surface area contributed by atoms with Crippen LogP contribution in [0.25, 0.3) is 38.3 Å². The normalized spacial score (nSPS) is 17.3. The number of halogens is 1. The number of hydrogen-bond donors (Lipinski definition) is 0. The second-order valence-electron chi connectivity index (χ2n) is 9.22. The van der Waals surface area contributed by atoms with Crippen LogP contribution in [-0.2, 0) is 20.1 Å². The topological polar surface area (TPSA) is 54.2 Å². The van der Waals surface area contributed by atoms with Gasteiger partial charge >= 0.3 is 0 Å². The molecule has 201 valence electrons. The predicted molar refractivity (Wildman–Crippen MR) is 154 cm³/mol. The fourth-order valence-electron chi connectivity index (χ4n) is 4.62. The van der Waals surface area contributed by atoms with Gasteiger partial charge in [-0.3, -0.25) is 0 Å². The fraction of sp³-hybridized carbons (Fsp3) is 0.0882. The van der Waals surface area contributed by atoms with E-state index in [0.29, 0.717) is 5.71 Å². The van der Waals surface area contributed by atoms with E-state index in [-0.39, 0.29) is 38.0 Å². The van der Waals surface area contributed by atoms with Crippen LogP contribution in [-0.4, -0.2) is 4.98 Å². The summed E-state index contributed by atoms with van der Waals surface area (Å²) in [5.41, 5.74) is 6.22. The van der Waals surface area contributed by atoms with Crippen LogP contribution in [0.15, 0.2) is 120 Å². The molecule has 4 nitrogen and oxygen atoms in total. The van der Waals surface area contributed by atoms with Crippen LogP contribution in [0.2, 0.25) is 0 Å². The Morgan fingerprint density at radius 1 is 0.850 bits per heavy atom. The number of aromatic nitrogens is 1. The summed E-state index contributed by atoms with van der Waals surface area (Å²) in [6.45, 7) is 1.94. The van der Waals surface area contributed by atoms with Gasteiger partial charge in [0.1, 0.15) is 5.82 Å². The predicted octanol–water partition coefficient (Wildman–Crippen LogP) is 9.24. The molecular formula is C34H24FIrN3O-4. The summed E-state index contributed by atoms with van der Waals surface area (Å²) in [4.78, 5) is 4.49. The maximum Gasteiger partial charge on any atom is 0.212 e. The molecule has 40 heavy (non-hydrogen) atoms. The van der Waals surface area contributed by atoms with Gasteiger partial charge in [0.25, 0.3) is 0 Å². The number of hydrogen-bond acceptors (Lipinski definition) is 2. The van der Waals surface area contributed by atoms with E-state index in [0.717, 1.165) is 44.3 Å². The van der Waals surface area contributed by atoms with Crippen LogP contribution in [0.5, 0.6) is 0 Å². The molecule has 0 saturated carbocycles. The summed E-state index contributed by atoms with van der Waals surface area (Å²) < 4.78 is 19.3. The van der Waals surface area contributed by atoms with Crippen LogP contribution < -0.4 is 0 Å². The summed E-state index contributed by atoms with van der Waals surface area (Å²) in [7, 11) is 0. The van der Waals surface area contributed by atoms with E-state index in [1.165, 1.54) is 12.1 Å². The molecule has 4 heterocycles. The third kappa shape index (κ3) is 5.84. The van der Waals surface area contributed by atoms with Crippen molar-refractivity contribution in [3.05, 3.63) is 167 Å². The van der Waals surface area contributed by atoms with Gasteiger partial charge in [0.2, 0.25) is 5.71 Å². The first kappa shape index (κ1) is 27.3. The molecule has 0 bridgehead atoms. The Morgan fingerprint density at radius 2 is 1.70 bits per heavy atom. The molecule has 2 aromatic heterocycles. The Bertz CT molecular complexity index is 1740. The van der Waals surface area contributed by atoms with E-state index in [2.05, 4.69) is 33.8 Å². The van der Waals surface area contributed by atoms with Crippen LogP contribution in [0.3, 0.4) is 0 Å². The van der Waals surface area contributed by atoms with E-state index < -0.39 is 0 Å². The first-order chi connectivity index (χ1) is 19.2. The maximum absolute atomic E-state index is 13.2. The number of pyridine rings is 1. The molecule has 3 aromatic carbocycles. The van der Waals surface area contributed by atoms with Gasteiger partial charge in [-0.1, -0.05) is 60.0 Å².